The number of carboxylic acids is 1. The van der Waals surface area contributed by atoms with E-state index in [-0.39, 0.29) is 23.9 Å². The highest BCUT2D eigenvalue weighted by molar-refractivity contribution is 5.86. The lowest BCUT2D eigenvalue weighted by atomic mass is 9.90. The van der Waals surface area contributed by atoms with Gasteiger partial charge in [-0.15, -0.1) is 0 Å². The van der Waals surface area contributed by atoms with Gasteiger partial charge in [0.1, 0.15) is 0 Å². The van der Waals surface area contributed by atoms with Gasteiger partial charge in [0.25, 0.3) is 0 Å². The van der Waals surface area contributed by atoms with Crippen molar-refractivity contribution in [3.05, 3.63) is 0 Å². The van der Waals surface area contributed by atoms with Gasteiger partial charge in [-0.25, -0.2) is 0 Å². The maximum absolute atomic E-state index is 12.9. The average Bonchev–Trinajstić information content (AvgIpc) is 2.82. The van der Waals surface area contributed by atoms with E-state index in [9.17, 15) is 14.7 Å². The summed E-state index contributed by atoms with van der Waals surface area (Å²) < 4.78 is 0. The third-order valence-electron chi connectivity index (χ3n) is 5.32. The monoisotopic (exact) mass is 281 g/mol. The van der Waals surface area contributed by atoms with Crippen molar-refractivity contribution in [2.45, 2.75) is 71.4 Å². The van der Waals surface area contributed by atoms with Gasteiger partial charge in [-0.2, -0.15) is 0 Å². The minimum Gasteiger partial charge on any atom is -0.481 e. The quantitative estimate of drug-likeness (QED) is 0.865. The summed E-state index contributed by atoms with van der Waals surface area (Å²) in [7, 11) is 0. The predicted molar refractivity (Wildman–Crippen MR) is 77.3 cm³/mol. The van der Waals surface area contributed by atoms with Gasteiger partial charge < -0.3 is 10.0 Å². The number of likely N-dealkylation sites (tertiary alicyclic amines) is 1. The molecule has 0 spiro atoms. The highest BCUT2D eigenvalue weighted by Crippen LogP contribution is 2.40. The zero-order valence-electron chi connectivity index (χ0n) is 12.8. The van der Waals surface area contributed by atoms with Gasteiger partial charge in [0, 0.05) is 12.1 Å². The van der Waals surface area contributed by atoms with Crippen LogP contribution in [0.15, 0.2) is 0 Å². The van der Waals surface area contributed by atoms with Gasteiger partial charge in [0.05, 0.1) is 11.8 Å². The van der Waals surface area contributed by atoms with Crippen molar-refractivity contribution in [1.29, 1.82) is 0 Å². The number of piperidine rings is 1. The zero-order valence-corrected chi connectivity index (χ0v) is 12.8. The van der Waals surface area contributed by atoms with Gasteiger partial charge in [-0.1, -0.05) is 13.3 Å². The molecule has 20 heavy (non-hydrogen) atoms. The Labute approximate surface area is 121 Å². The number of hydrogen-bond acceptors (Lipinski definition) is 2. The van der Waals surface area contributed by atoms with Crippen LogP contribution in [0, 0.1) is 17.8 Å². The van der Waals surface area contributed by atoms with E-state index in [4.69, 9.17) is 0 Å². The van der Waals surface area contributed by atoms with E-state index in [1.54, 1.807) is 0 Å². The van der Waals surface area contributed by atoms with Crippen LogP contribution in [-0.4, -0.2) is 34.0 Å². The second kappa shape index (κ2) is 6.15. The second-order valence-electron chi connectivity index (χ2n) is 6.67. The van der Waals surface area contributed by atoms with Gasteiger partial charge in [-0.3, -0.25) is 9.59 Å². The van der Waals surface area contributed by atoms with Crippen LogP contribution in [0.4, 0.5) is 0 Å². The molecule has 1 saturated heterocycles. The molecular formula is C16H27NO3. The Balaban J connectivity index is 2.15. The molecular weight excluding hydrogens is 254 g/mol. The van der Waals surface area contributed by atoms with Gasteiger partial charge in [0.15, 0.2) is 0 Å². The van der Waals surface area contributed by atoms with Crippen molar-refractivity contribution in [3.63, 3.8) is 0 Å². The number of carbonyl (C=O) groups is 2. The van der Waals surface area contributed by atoms with E-state index in [1.807, 2.05) is 4.90 Å². The molecule has 5 atom stereocenters. The van der Waals surface area contributed by atoms with Crippen LogP contribution in [0.3, 0.4) is 0 Å². The molecule has 0 aromatic heterocycles. The number of carboxylic acid groups (broad SMARTS) is 1. The van der Waals surface area contributed by atoms with Crippen LogP contribution in [0.2, 0.25) is 0 Å². The number of hydrogen-bond donors (Lipinski definition) is 1. The lowest BCUT2D eigenvalue weighted by molar-refractivity contribution is -0.152. The van der Waals surface area contributed by atoms with Crippen LogP contribution in [0.25, 0.3) is 0 Å². The maximum atomic E-state index is 12.9. The normalized spacial score (nSPS) is 38.0. The highest BCUT2D eigenvalue weighted by Gasteiger charge is 2.45. The molecule has 0 bridgehead atoms. The molecule has 1 N–H and O–H groups in total. The number of carbonyl (C=O) groups excluding carboxylic acids is 1. The van der Waals surface area contributed by atoms with Gasteiger partial charge in [-0.05, 0) is 51.9 Å². The standard InChI is InChI=1S/C16H27NO3/c1-4-12-8-13(14(9-12)16(19)20)15(18)17-10(2)6-5-7-11(17)3/h10-14H,4-9H2,1-3H3,(H,19,20)/t10-,11+,12?,13?,14?. The molecule has 1 aliphatic carbocycles. The number of rotatable bonds is 3. The summed E-state index contributed by atoms with van der Waals surface area (Å²) in [5.74, 6) is -1.10. The van der Waals surface area contributed by atoms with Crippen LogP contribution in [0.5, 0.6) is 0 Å². The van der Waals surface area contributed by atoms with E-state index in [0.717, 1.165) is 32.1 Å². The summed E-state index contributed by atoms with van der Waals surface area (Å²) in [4.78, 5) is 26.3. The first-order chi connectivity index (χ1) is 9.45. The van der Waals surface area contributed by atoms with Crippen LogP contribution in [-0.2, 0) is 9.59 Å². The number of amides is 1. The van der Waals surface area contributed by atoms with Crippen LogP contribution >= 0.6 is 0 Å². The molecule has 3 unspecified atom stereocenters. The molecule has 2 aliphatic rings. The van der Waals surface area contributed by atoms with Crippen molar-refractivity contribution in [2.24, 2.45) is 17.8 Å². The van der Waals surface area contributed by atoms with Crippen LogP contribution < -0.4 is 0 Å². The predicted octanol–water partition coefficient (Wildman–Crippen LogP) is 2.91. The smallest absolute Gasteiger partial charge is 0.307 e. The van der Waals surface area contributed by atoms with Crippen molar-refractivity contribution < 1.29 is 14.7 Å². The Morgan fingerprint density at radius 3 is 2.15 bits per heavy atom. The minimum atomic E-state index is -0.795. The molecule has 4 nitrogen and oxygen atoms in total. The minimum absolute atomic E-state index is 0.0908. The highest BCUT2D eigenvalue weighted by atomic mass is 16.4. The fourth-order valence-corrected chi connectivity index (χ4v) is 4.07. The lowest BCUT2D eigenvalue weighted by Crippen LogP contribution is -2.50. The fraction of sp³-hybridized carbons (Fsp3) is 0.875. The molecule has 4 heteroatoms. The van der Waals surface area contributed by atoms with E-state index in [1.165, 1.54) is 0 Å². The summed E-state index contributed by atoms with van der Waals surface area (Å²) in [5.41, 5.74) is 0. The van der Waals surface area contributed by atoms with E-state index < -0.39 is 11.9 Å². The molecule has 0 aromatic carbocycles. The Kier molecular flexibility index (Phi) is 4.71. The number of aliphatic carboxylic acids is 1. The van der Waals surface area contributed by atoms with Crippen molar-refractivity contribution in [2.75, 3.05) is 0 Å². The largest absolute Gasteiger partial charge is 0.481 e. The molecule has 2 fully saturated rings. The zero-order chi connectivity index (χ0) is 14.9. The summed E-state index contributed by atoms with van der Waals surface area (Å²) in [6, 6.07) is 0.503. The summed E-state index contributed by atoms with van der Waals surface area (Å²) >= 11 is 0. The summed E-state index contributed by atoms with van der Waals surface area (Å²) in [6.07, 6.45) is 5.63. The molecule has 1 saturated carbocycles. The molecule has 0 aromatic rings. The first-order valence-corrected chi connectivity index (χ1v) is 8.00. The van der Waals surface area contributed by atoms with E-state index >= 15 is 0 Å². The first-order valence-electron chi connectivity index (χ1n) is 8.00. The Bertz CT molecular complexity index is 372. The lowest BCUT2D eigenvalue weighted by Gasteiger charge is -2.41. The number of nitrogens with zero attached hydrogens (tertiary/aromatic N) is 1. The first kappa shape index (κ1) is 15.3. The summed E-state index contributed by atoms with van der Waals surface area (Å²) in [6.45, 7) is 6.27. The van der Waals surface area contributed by atoms with Gasteiger partial charge in [0.2, 0.25) is 5.91 Å². The molecule has 1 heterocycles. The Morgan fingerprint density at radius 1 is 1.10 bits per heavy atom. The molecule has 1 aliphatic heterocycles. The maximum Gasteiger partial charge on any atom is 0.307 e. The van der Waals surface area contributed by atoms with E-state index in [2.05, 4.69) is 20.8 Å². The van der Waals surface area contributed by atoms with Crippen LogP contribution in [0.1, 0.15) is 59.3 Å². The van der Waals surface area contributed by atoms with E-state index in [0.29, 0.717) is 12.3 Å². The SMILES string of the molecule is CCC1CC(C(=O)O)C(C(=O)N2[C@H](C)CCC[C@@H]2C)C1. The third kappa shape index (κ3) is 2.84. The molecule has 1 amide bonds. The third-order valence-corrected chi connectivity index (χ3v) is 5.32. The average molecular weight is 281 g/mol. The van der Waals surface area contributed by atoms with Crippen molar-refractivity contribution in [3.8, 4) is 0 Å². The van der Waals surface area contributed by atoms with Gasteiger partial charge >= 0.3 is 5.97 Å². The van der Waals surface area contributed by atoms with Crippen molar-refractivity contribution >= 4 is 11.9 Å². The Hall–Kier alpha value is -1.06. The topological polar surface area (TPSA) is 57.6 Å². The Morgan fingerprint density at radius 2 is 1.65 bits per heavy atom. The molecule has 114 valence electrons. The summed E-state index contributed by atoms with van der Waals surface area (Å²) in [5, 5.41) is 9.41. The van der Waals surface area contributed by atoms with Crippen molar-refractivity contribution in [1.82, 2.24) is 4.90 Å². The fourth-order valence-electron chi connectivity index (χ4n) is 4.07. The second-order valence-corrected chi connectivity index (χ2v) is 6.67. The molecule has 0 radical (unpaired) electrons. The molecule has 2 rings (SSSR count).